The van der Waals surface area contributed by atoms with Crippen molar-refractivity contribution < 1.29 is 15.0 Å². The van der Waals surface area contributed by atoms with E-state index in [1.807, 2.05) is 11.4 Å². The highest BCUT2D eigenvalue weighted by molar-refractivity contribution is 7.10. The van der Waals surface area contributed by atoms with E-state index in [2.05, 4.69) is 0 Å². The zero-order valence-corrected chi connectivity index (χ0v) is 10.7. The number of hydrogen-bond acceptors (Lipinski definition) is 3. The quantitative estimate of drug-likeness (QED) is 0.890. The van der Waals surface area contributed by atoms with Crippen molar-refractivity contribution in [2.24, 2.45) is 0 Å². The molecule has 0 saturated carbocycles. The summed E-state index contributed by atoms with van der Waals surface area (Å²) in [5.41, 5.74) is -0.815. The number of carboxylic acids is 1. The Hall–Kier alpha value is -1.65. The minimum atomic E-state index is -1.42. The third kappa shape index (κ3) is 2.30. The van der Waals surface area contributed by atoms with Gasteiger partial charge in [0.1, 0.15) is 11.5 Å². The van der Waals surface area contributed by atoms with Gasteiger partial charge in [-0.2, -0.15) is 0 Å². The predicted octanol–water partition coefficient (Wildman–Crippen LogP) is 2.82. The van der Waals surface area contributed by atoms with Crippen LogP contribution in [0, 0.1) is 0 Å². The Bertz CT molecular complexity index is 517. The van der Waals surface area contributed by atoms with E-state index in [4.69, 9.17) is 0 Å². The first-order valence-electron chi connectivity index (χ1n) is 5.57. The molecule has 0 radical (unpaired) electrons. The second-order valence-electron chi connectivity index (χ2n) is 4.31. The zero-order valence-electron chi connectivity index (χ0n) is 9.91. The lowest BCUT2D eigenvalue weighted by molar-refractivity contribution is -0.145. The molecular weight excluding hydrogens is 248 g/mol. The van der Waals surface area contributed by atoms with Crippen molar-refractivity contribution in [3.8, 4) is 0 Å². The molecule has 2 N–H and O–H groups in total. The number of rotatable bonds is 4. The Morgan fingerprint density at radius 2 is 1.89 bits per heavy atom. The van der Waals surface area contributed by atoms with Crippen LogP contribution in [0.4, 0.5) is 0 Å². The zero-order chi connectivity index (χ0) is 13.2. The van der Waals surface area contributed by atoms with Gasteiger partial charge < -0.3 is 10.2 Å². The topological polar surface area (TPSA) is 57.5 Å². The van der Waals surface area contributed by atoms with Crippen molar-refractivity contribution in [1.82, 2.24) is 0 Å². The fourth-order valence-electron chi connectivity index (χ4n) is 2.06. The van der Waals surface area contributed by atoms with Gasteiger partial charge in [-0.15, -0.1) is 11.3 Å². The molecule has 0 amide bonds. The molecule has 1 heterocycles. The Balaban J connectivity index is 2.46. The molecule has 0 aliphatic heterocycles. The van der Waals surface area contributed by atoms with E-state index >= 15 is 0 Å². The summed E-state index contributed by atoms with van der Waals surface area (Å²) in [6, 6.07) is 12.4. The summed E-state index contributed by atoms with van der Waals surface area (Å²) in [5, 5.41) is 21.8. The molecule has 0 spiro atoms. The molecule has 2 aromatic rings. The summed E-state index contributed by atoms with van der Waals surface area (Å²) in [5.74, 6) is -2.00. The summed E-state index contributed by atoms with van der Waals surface area (Å²) in [6.07, 6.45) is 0. The molecule has 18 heavy (non-hydrogen) atoms. The van der Waals surface area contributed by atoms with Crippen LogP contribution in [-0.2, 0) is 10.4 Å². The van der Waals surface area contributed by atoms with Gasteiger partial charge >= 0.3 is 5.97 Å². The summed E-state index contributed by atoms with van der Waals surface area (Å²) in [7, 11) is 0. The number of benzene rings is 1. The van der Waals surface area contributed by atoms with Gasteiger partial charge in [0.05, 0.1) is 0 Å². The van der Waals surface area contributed by atoms with Crippen molar-refractivity contribution >= 4 is 17.3 Å². The van der Waals surface area contributed by atoms with Crippen molar-refractivity contribution in [3.05, 3.63) is 58.3 Å². The highest BCUT2D eigenvalue weighted by Gasteiger charge is 2.40. The highest BCUT2D eigenvalue weighted by atomic mass is 32.1. The molecule has 3 nitrogen and oxygen atoms in total. The van der Waals surface area contributed by atoms with Gasteiger partial charge in [0.25, 0.3) is 0 Å². The normalized spacial score (nSPS) is 15.9. The molecule has 0 unspecified atom stereocenters. The van der Waals surface area contributed by atoms with Gasteiger partial charge in [-0.1, -0.05) is 36.4 Å². The number of thiophene rings is 1. The van der Waals surface area contributed by atoms with Crippen LogP contribution < -0.4 is 0 Å². The van der Waals surface area contributed by atoms with Crippen molar-refractivity contribution in [3.63, 3.8) is 0 Å². The van der Waals surface area contributed by atoms with Crippen LogP contribution >= 0.6 is 11.3 Å². The summed E-state index contributed by atoms with van der Waals surface area (Å²) in [6.45, 7) is 1.55. The fourth-order valence-corrected chi connectivity index (χ4v) is 2.88. The first-order valence-corrected chi connectivity index (χ1v) is 6.45. The van der Waals surface area contributed by atoms with Crippen LogP contribution in [0.25, 0.3) is 0 Å². The third-order valence-corrected chi connectivity index (χ3v) is 4.06. The van der Waals surface area contributed by atoms with Gasteiger partial charge in [0, 0.05) is 4.88 Å². The molecule has 4 heteroatoms. The summed E-state index contributed by atoms with van der Waals surface area (Å²) in [4.78, 5) is 12.1. The molecule has 0 aliphatic carbocycles. The molecule has 2 rings (SSSR count). The van der Waals surface area contributed by atoms with Crippen LogP contribution in [-0.4, -0.2) is 16.2 Å². The Morgan fingerprint density at radius 3 is 2.39 bits per heavy atom. The van der Waals surface area contributed by atoms with Crippen molar-refractivity contribution in [2.45, 2.75) is 18.4 Å². The minimum absolute atomic E-state index is 0.600. The van der Waals surface area contributed by atoms with Gasteiger partial charge in [-0.25, -0.2) is 0 Å². The van der Waals surface area contributed by atoms with E-state index in [1.54, 1.807) is 43.3 Å². The maximum atomic E-state index is 11.5. The Kier molecular flexibility index (Phi) is 3.50. The Labute approximate surface area is 109 Å². The molecule has 1 aromatic heterocycles. The second kappa shape index (κ2) is 4.92. The first-order chi connectivity index (χ1) is 8.53. The van der Waals surface area contributed by atoms with E-state index in [0.29, 0.717) is 10.4 Å². The molecular formula is C14H14O3S. The maximum absolute atomic E-state index is 11.5. The third-order valence-electron chi connectivity index (χ3n) is 2.96. The molecule has 2 atom stereocenters. The summed E-state index contributed by atoms with van der Waals surface area (Å²) < 4.78 is 0. The lowest BCUT2D eigenvalue weighted by Crippen LogP contribution is -2.34. The minimum Gasteiger partial charge on any atom is -0.481 e. The van der Waals surface area contributed by atoms with Gasteiger partial charge in [-0.05, 0) is 23.9 Å². The predicted molar refractivity (Wildman–Crippen MR) is 70.7 cm³/mol. The number of aliphatic carboxylic acids is 1. The number of aliphatic hydroxyl groups is 1. The van der Waals surface area contributed by atoms with Crippen LogP contribution in [0.2, 0.25) is 0 Å². The highest BCUT2D eigenvalue weighted by Crippen LogP contribution is 2.38. The number of carbonyl (C=O) groups is 1. The SMILES string of the molecule is C[C@@](O)(c1cccs1)[C@H](C(=O)O)c1ccccc1. The van der Waals surface area contributed by atoms with Crippen molar-refractivity contribution in [2.75, 3.05) is 0 Å². The van der Waals surface area contributed by atoms with Crippen LogP contribution in [0.5, 0.6) is 0 Å². The molecule has 0 bridgehead atoms. The van der Waals surface area contributed by atoms with Crippen LogP contribution in [0.3, 0.4) is 0 Å². The van der Waals surface area contributed by atoms with E-state index in [0.717, 1.165) is 0 Å². The lowest BCUT2D eigenvalue weighted by Gasteiger charge is -2.29. The van der Waals surface area contributed by atoms with Gasteiger partial charge in [0.15, 0.2) is 0 Å². The largest absolute Gasteiger partial charge is 0.481 e. The first kappa shape index (κ1) is 12.8. The molecule has 1 aromatic carbocycles. The molecule has 0 fully saturated rings. The van der Waals surface area contributed by atoms with E-state index in [9.17, 15) is 15.0 Å². The Morgan fingerprint density at radius 1 is 1.22 bits per heavy atom. The van der Waals surface area contributed by atoms with Gasteiger partial charge in [-0.3, -0.25) is 4.79 Å². The van der Waals surface area contributed by atoms with E-state index in [-0.39, 0.29) is 0 Å². The average molecular weight is 262 g/mol. The molecule has 0 saturated heterocycles. The van der Waals surface area contributed by atoms with Crippen molar-refractivity contribution in [1.29, 1.82) is 0 Å². The second-order valence-corrected chi connectivity index (χ2v) is 5.25. The standard InChI is InChI=1S/C14H14O3S/c1-14(17,11-8-5-9-18-11)12(13(15)16)10-6-3-2-4-7-10/h2-9,12,17H,1H3,(H,15,16)/t12-,14+/m0/s1. The van der Waals surface area contributed by atoms with Gasteiger partial charge in [0.2, 0.25) is 0 Å². The van der Waals surface area contributed by atoms with E-state index in [1.165, 1.54) is 11.3 Å². The van der Waals surface area contributed by atoms with Crippen LogP contribution in [0.1, 0.15) is 23.3 Å². The molecule has 0 aliphatic rings. The van der Waals surface area contributed by atoms with Crippen LogP contribution in [0.15, 0.2) is 47.8 Å². The monoisotopic (exact) mass is 262 g/mol. The average Bonchev–Trinajstić information content (AvgIpc) is 2.83. The summed E-state index contributed by atoms with van der Waals surface area (Å²) >= 11 is 1.36. The van der Waals surface area contributed by atoms with E-state index < -0.39 is 17.5 Å². The maximum Gasteiger partial charge on any atom is 0.314 e. The lowest BCUT2D eigenvalue weighted by atomic mass is 9.82. The smallest absolute Gasteiger partial charge is 0.314 e. The number of carboxylic acid groups (broad SMARTS) is 1. The molecule has 94 valence electrons. The fraction of sp³-hybridized carbons (Fsp3) is 0.214. The number of hydrogen-bond donors (Lipinski definition) is 2.